The minimum atomic E-state index is 0. The van der Waals surface area contributed by atoms with Gasteiger partial charge in [-0.05, 0) is 6.07 Å². The zero-order chi connectivity index (χ0) is 28.5. The normalized spacial score (nSPS) is 11.5. The number of aromatic nitrogens is 8. The first-order chi connectivity index (χ1) is 21.2. The van der Waals surface area contributed by atoms with Crippen molar-refractivity contribution in [2.75, 3.05) is 0 Å². The number of H-pyrrole nitrogens is 2. The fraction of sp³-hybridized carbons (Fsp3) is 0. The molecule has 2 aliphatic heterocycles. The third-order valence-corrected chi connectivity index (χ3v) is 7.68. The molecule has 44 heavy (non-hydrogen) atoms. The molecule has 0 saturated carbocycles. The molecule has 9 rings (SSSR count). The number of hydrogen-bond acceptors (Lipinski definition) is 9. The van der Waals surface area contributed by atoms with Crippen LogP contribution in [0.15, 0.2) is 96.3 Å². The van der Waals surface area contributed by atoms with Gasteiger partial charge >= 0.3 is 0 Å². The molecular weight excluding hydrogens is 598 g/mol. The first-order valence-electron chi connectivity index (χ1n) is 13.5. The minimum absolute atomic E-state index is 0. The molecule has 0 aliphatic carbocycles. The summed E-state index contributed by atoms with van der Waals surface area (Å²) in [6.45, 7) is 0. The molecule has 5 heterocycles. The minimum Gasteiger partial charge on any atom is -0.324 e. The second-order valence-electron chi connectivity index (χ2n) is 10.1. The number of aromatic amines is 2. The van der Waals surface area contributed by atoms with Crippen LogP contribution in [-0.4, -0.2) is 39.9 Å². The molecular formula is C32H17FeN9O2. The SMILES string of the molecule is O=NOc1cccc2c3nc4nc(nc5[nH]c(nc6nc(nc([nH]3)c12)-c1ccccc1-6)c1ccccc51)-c1ccccc1-4.[Fe]. The van der Waals surface area contributed by atoms with Gasteiger partial charge in [-0.25, -0.2) is 29.9 Å². The molecule has 0 amide bonds. The van der Waals surface area contributed by atoms with Gasteiger partial charge in [-0.1, -0.05) is 84.9 Å². The average Bonchev–Trinajstić information content (AvgIpc) is 3.77. The maximum absolute atomic E-state index is 11.2. The van der Waals surface area contributed by atoms with Gasteiger partial charge in [0.1, 0.15) is 22.6 Å². The topological polar surface area (TPSA) is 148 Å². The quantitative estimate of drug-likeness (QED) is 0.121. The summed E-state index contributed by atoms with van der Waals surface area (Å²) in [5, 5.41) is 5.70. The molecule has 11 nitrogen and oxygen atoms in total. The van der Waals surface area contributed by atoms with Crippen molar-refractivity contribution in [3.05, 3.63) is 95.9 Å². The van der Waals surface area contributed by atoms with Gasteiger partial charge in [0.15, 0.2) is 34.4 Å². The van der Waals surface area contributed by atoms with E-state index in [-0.39, 0.29) is 22.8 Å². The van der Waals surface area contributed by atoms with Gasteiger partial charge in [-0.2, -0.15) is 0 Å². The van der Waals surface area contributed by atoms with Crippen molar-refractivity contribution in [2.45, 2.75) is 0 Å². The third-order valence-electron chi connectivity index (χ3n) is 7.68. The number of hydrogen-bond donors (Lipinski definition) is 2. The van der Waals surface area contributed by atoms with Crippen molar-refractivity contribution in [2.24, 2.45) is 5.34 Å². The predicted octanol–water partition coefficient (Wildman–Crippen LogP) is 6.93. The van der Waals surface area contributed by atoms with Crippen LogP contribution in [0.25, 0.3) is 89.7 Å². The zero-order valence-corrected chi connectivity index (χ0v) is 23.6. The van der Waals surface area contributed by atoms with Gasteiger partial charge in [0.05, 0.1) is 5.39 Å². The van der Waals surface area contributed by atoms with Gasteiger partial charge < -0.3 is 14.8 Å². The van der Waals surface area contributed by atoms with E-state index < -0.39 is 0 Å². The van der Waals surface area contributed by atoms with Crippen molar-refractivity contribution < 1.29 is 21.9 Å². The molecule has 7 aromatic rings. The molecule has 4 aromatic carbocycles. The summed E-state index contributed by atoms with van der Waals surface area (Å²) < 4.78 is 0. The standard InChI is InChI=1S/C32H17N9O2.Fe/c42-41-43-23-15-7-14-22-24(23)32-39-30-21-13-6-5-12-20(21)28(37-30)35-26-17-9-2-1-8-16(17)25(33-26)34-27-18-10-3-4-11-19(18)29(36-27)38-31(22)40-32;/h1-15H,(H2,33,34,35,36,37,38,39,40);. The molecule has 210 valence electrons. The van der Waals surface area contributed by atoms with Crippen molar-refractivity contribution >= 4 is 44.1 Å². The van der Waals surface area contributed by atoms with Gasteiger partial charge in [0.25, 0.3) is 0 Å². The molecule has 2 aliphatic rings. The van der Waals surface area contributed by atoms with E-state index in [1.807, 2.05) is 78.9 Å². The van der Waals surface area contributed by atoms with E-state index in [0.717, 1.165) is 33.0 Å². The Balaban J connectivity index is 0.00000289. The average molecular weight is 615 g/mol. The number of nitrogens with zero attached hydrogens (tertiary/aromatic N) is 7. The number of fused-ring (bicyclic) bond motifs is 20. The van der Waals surface area contributed by atoms with Gasteiger partial charge in [-0.15, -0.1) is 4.91 Å². The number of rotatable bonds is 2. The summed E-state index contributed by atoms with van der Waals surface area (Å²) in [5.41, 5.74) is 5.48. The fourth-order valence-corrected chi connectivity index (χ4v) is 5.77. The predicted molar refractivity (Wildman–Crippen MR) is 162 cm³/mol. The van der Waals surface area contributed by atoms with Crippen molar-refractivity contribution in [3.63, 3.8) is 0 Å². The third kappa shape index (κ3) is 3.82. The van der Waals surface area contributed by atoms with E-state index >= 15 is 0 Å². The summed E-state index contributed by atoms with van der Waals surface area (Å²) in [7, 11) is 0. The zero-order valence-electron chi connectivity index (χ0n) is 22.5. The summed E-state index contributed by atoms with van der Waals surface area (Å²) in [5.74, 6) is 2.20. The number of benzene rings is 4. The Morgan fingerprint density at radius 2 is 0.886 bits per heavy atom. The van der Waals surface area contributed by atoms with Gasteiger partial charge in [-0.3, -0.25) is 0 Å². The first-order valence-corrected chi connectivity index (χ1v) is 13.5. The maximum Gasteiger partial charge on any atom is 0.173 e. The van der Waals surface area contributed by atoms with Gasteiger partial charge in [0, 0.05) is 55.5 Å². The summed E-state index contributed by atoms with van der Waals surface area (Å²) in [6, 6.07) is 28.8. The van der Waals surface area contributed by atoms with E-state index in [1.54, 1.807) is 12.1 Å². The van der Waals surface area contributed by atoms with E-state index in [1.165, 1.54) is 0 Å². The van der Waals surface area contributed by atoms with E-state index in [2.05, 4.69) is 15.3 Å². The van der Waals surface area contributed by atoms with E-state index in [4.69, 9.17) is 34.7 Å². The molecule has 0 fully saturated rings. The van der Waals surface area contributed by atoms with Crippen LogP contribution in [0.3, 0.4) is 0 Å². The Bertz CT molecular complexity index is 2480. The van der Waals surface area contributed by atoms with Crippen LogP contribution in [0.4, 0.5) is 0 Å². The molecule has 3 aromatic heterocycles. The molecule has 0 atom stereocenters. The number of nitrogens with one attached hydrogen (secondary N) is 2. The molecule has 0 spiro atoms. The van der Waals surface area contributed by atoms with Crippen LogP contribution >= 0.6 is 0 Å². The smallest absolute Gasteiger partial charge is 0.173 e. The van der Waals surface area contributed by atoms with Crippen LogP contribution in [-0.2, 0) is 17.1 Å². The summed E-state index contributed by atoms with van der Waals surface area (Å²) in [6.07, 6.45) is 0. The van der Waals surface area contributed by atoms with E-state index in [9.17, 15) is 4.91 Å². The largest absolute Gasteiger partial charge is 0.324 e. The van der Waals surface area contributed by atoms with Crippen molar-refractivity contribution in [1.29, 1.82) is 0 Å². The van der Waals surface area contributed by atoms with Crippen LogP contribution in [0, 0.1) is 4.91 Å². The summed E-state index contributed by atoms with van der Waals surface area (Å²) >= 11 is 0. The Hall–Kier alpha value is -5.84. The Morgan fingerprint density at radius 3 is 1.39 bits per heavy atom. The Kier molecular flexibility index (Phi) is 5.80. The second-order valence-corrected chi connectivity index (χ2v) is 10.1. The van der Waals surface area contributed by atoms with Crippen molar-refractivity contribution in [3.8, 4) is 51.3 Å². The van der Waals surface area contributed by atoms with Crippen LogP contribution < -0.4 is 4.84 Å². The maximum atomic E-state index is 11.2. The molecule has 0 unspecified atom stereocenters. The van der Waals surface area contributed by atoms with Crippen LogP contribution in [0.5, 0.6) is 5.75 Å². The monoisotopic (exact) mass is 615 g/mol. The molecule has 0 saturated heterocycles. The Labute approximate surface area is 257 Å². The Morgan fingerprint density at radius 1 is 0.477 bits per heavy atom. The van der Waals surface area contributed by atoms with Crippen LogP contribution in [0.2, 0.25) is 0 Å². The van der Waals surface area contributed by atoms with Crippen molar-refractivity contribution in [1.82, 2.24) is 39.9 Å². The first kappa shape index (κ1) is 25.8. The molecule has 2 N–H and O–H groups in total. The molecule has 12 heteroatoms. The second kappa shape index (κ2) is 9.87. The van der Waals surface area contributed by atoms with Crippen LogP contribution in [0.1, 0.15) is 0 Å². The van der Waals surface area contributed by atoms with Gasteiger partial charge in [0.2, 0.25) is 0 Å². The molecule has 0 radical (unpaired) electrons. The van der Waals surface area contributed by atoms with E-state index in [0.29, 0.717) is 56.7 Å². The fourth-order valence-electron chi connectivity index (χ4n) is 5.77. The summed E-state index contributed by atoms with van der Waals surface area (Å²) in [4.78, 5) is 52.6. The molecule has 8 bridgehead atoms.